The van der Waals surface area contributed by atoms with Crippen LogP contribution in [-0.2, 0) is 0 Å². The molecule has 0 unspecified atom stereocenters. The summed E-state index contributed by atoms with van der Waals surface area (Å²) in [6.45, 7) is 9.23. The van der Waals surface area contributed by atoms with E-state index in [0.29, 0.717) is 5.52 Å². The van der Waals surface area contributed by atoms with Gasteiger partial charge in [-0.05, 0) is 26.8 Å². The van der Waals surface area contributed by atoms with Gasteiger partial charge in [-0.25, -0.2) is 9.18 Å². The van der Waals surface area contributed by atoms with Crippen LogP contribution in [-0.4, -0.2) is 22.8 Å². The second kappa shape index (κ2) is 7.26. The Balaban J connectivity index is 0.00000127. The van der Waals surface area contributed by atoms with Gasteiger partial charge in [0.1, 0.15) is 17.1 Å². The van der Waals surface area contributed by atoms with Gasteiger partial charge in [-0.2, -0.15) is 0 Å². The molecule has 23 heavy (non-hydrogen) atoms. The fraction of sp³-hybridized carbons (Fsp3) is 0.412. The van der Waals surface area contributed by atoms with Crippen molar-refractivity contribution in [3.8, 4) is 5.75 Å². The summed E-state index contributed by atoms with van der Waals surface area (Å²) in [5.41, 5.74) is -0.420. The molecule has 0 bridgehead atoms. The Kier molecular flexibility index (Phi) is 5.90. The van der Waals surface area contributed by atoms with E-state index in [2.05, 4.69) is 0 Å². The van der Waals surface area contributed by atoms with Gasteiger partial charge in [0, 0.05) is 17.8 Å². The number of carbonyl (C=O) groups is 1. The molecule has 126 valence electrons. The Labute approximate surface area is 134 Å². The lowest BCUT2D eigenvalue weighted by Crippen LogP contribution is -2.20. The summed E-state index contributed by atoms with van der Waals surface area (Å²) >= 11 is 0. The van der Waals surface area contributed by atoms with Gasteiger partial charge in [0.25, 0.3) is 0 Å². The normalized spacial score (nSPS) is 10.4. The van der Waals surface area contributed by atoms with E-state index < -0.39 is 17.2 Å². The van der Waals surface area contributed by atoms with Gasteiger partial charge in [-0.3, -0.25) is 4.79 Å². The summed E-state index contributed by atoms with van der Waals surface area (Å²) in [4.78, 5) is 23.5. The molecule has 1 heterocycles. The molecule has 0 fully saturated rings. The van der Waals surface area contributed by atoms with Crippen molar-refractivity contribution in [2.75, 3.05) is 7.11 Å². The summed E-state index contributed by atoms with van der Waals surface area (Å²) in [6.07, 6.45) is 1.28. The van der Waals surface area contributed by atoms with Crippen molar-refractivity contribution in [1.82, 2.24) is 4.57 Å². The number of halogens is 1. The van der Waals surface area contributed by atoms with E-state index >= 15 is 0 Å². The number of aromatic carboxylic acids is 1. The number of ether oxygens (including phenoxy) is 1. The Morgan fingerprint density at radius 2 is 1.91 bits per heavy atom. The van der Waals surface area contributed by atoms with Gasteiger partial charge in [-0.1, -0.05) is 13.8 Å². The fourth-order valence-electron chi connectivity index (χ4n) is 2.36. The van der Waals surface area contributed by atoms with Gasteiger partial charge in [-0.15, -0.1) is 0 Å². The largest absolute Gasteiger partial charge is 0.494 e. The number of carboxylic acid groups (broad SMARTS) is 1. The number of nitrogens with zero attached hydrogens (tertiary/aromatic N) is 1. The number of carboxylic acids is 1. The lowest BCUT2D eigenvalue weighted by atomic mass is 10.1. The molecule has 0 aliphatic carbocycles. The molecule has 0 saturated heterocycles. The smallest absolute Gasteiger partial charge is 0.341 e. The molecule has 0 radical (unpaired) electrons. The maximum Gasteiger partial charge on any atom is 0.341 e. The van der Waals surface area contributed by atoms with Gasteiger partial charge < -0.3 is 14.4 Å². The number of aromatic nitrogens is 1. The molecule has 0 atom stereocenters. The zero-order valence-corrected chi connectivity index (χ0v) is 14.2. The van der Waals surface area contributed by atoms with E-state index in [0.717, 1.165) is 6.07 Å². The second-order valence-corrected chi connectivity index (χ2v) is 5.09. The van der Waals surface area contributed by atoms with Crippen molar-refractivity contribution < 1.29 is 19.0 Å². The average Bonchev–Trinajstić information content (AvgIpc) is 2.51. The van der Waals surface area contributed by atoms with Crippen LogP contribution in [0.5, 0.6) is 5.75 Å². The Morgan fingerprint density at radius 1 is 1.35 bits per heavy atom. The van der Waals surface area contributed by atoms with E-state index in [1.807, 2.05) is 27.7 Å². The highest BCUT2D eigenvalue weighted by molar-refractivity contribution is 5.95. The van der Waals surface area contributed by atoms with E-state index in [1.165, 1.54) is 13.3 Å². The number of hydrogen-bond acceptors (Lipinski definition) is 3. The van der Waals surface area contributed by atoms with Crippen molar-refractivity contribution in [3.05, 3.63) is 39.4 Å². The third-order valence-corrected chi connectivity index (χ3v) is 3.45. The molecule has 0 aliphatic heterocycles. The molecule has 1 aromatic carbocycles. The molecule has 2 rings (SSSR count). The summed E-state index contributed by atoms with van der Waals surface area (Å²) < 4.78 is 20.8. The number of hydrogen-bond donors (Lipinski definition) is 1. The zero-order valence-electron chi connectivity index (χ0n) is 14.2. The number of benzene rings is 1. The van der Waals surface area contributed by atoms with Crippen molar-refractivity contribution in [2.24, 2.45) is 0 Å². The molecule has 6 heteroatoms. The average molecular weight is 323 g/mol. The van der Waals surface area contributed by atoms with E-state index in [1.54, 1.807) is 11.5 Å². The van der Waals surface area contributed by atoms with Crippen molar-refractivity contribution in [2.45, 2.75) is 40.7 Å². The minimum Gasteiger partial charge on any atom is -0.494 e. The van der Waals surface area contributed by atoms with E-state index in [9.17, 15) is 14.0 Å². The molecule has 0 spiro atoms. The SMILES string of the molecule is CC.COc1c(C)c(F)cc2c(=O)c(C(=O)O)cn(C(C)C)c12. The first-order chi connectivity index (χ1) is 10.8. The Morgan fingerprint density at radius 3 is 2.35 bits per heavy atom. The molecule has 1 N–H and O–H groups in total. The highest BCUT2D eigenvalue weighted by Gasteiger charge is 2.21. The van der Waals surface area contributed by atoms with Crippen molar-refractivity contribution >= 4 is 16.9 Å². The van der Waals surface area contributed by atoms with Crippen molar-refractivity contribution in [3.63, 3.8) is 0 Å². The van der Waals surface area contributed by atoms with E-state index in [4.69, 9.17) is 9.84 Å². The predicted octanol–water partition coefficient (Wildman–Crippen LogP) is 3.76. The Bertz CT molecular complexity index is 794. The number of rotatable bonds is 3. The summed E-state index contributed by atoms with van der Waals surface area (Å²) in [5, 5.41) is 9.15. The zero-order chi connectivity index (χ0) is 17.9. The molecule has 5 nitrogen and oxygen atoms in total. The highest BCUT2D eigenvalue weighted by Crippen LogP contribution is 2.32. The minimum absolute atomic E-state index is 0.00329. The fourth-order valence-corrected chi connectivity index (χ4v) is 2.36. The first-order valence-electron chi connectivity index (χ1n) is 7.44. The first-order valence-corrected chi connectivity index (χ1v) is 7.44. The molecule has 0 saturated carbocycles. The standard InChI is InChI=1S/C15H16FNO4.C2H6/c1-7(2)17-6-10(15(19)20)13(18)9-5-11(16)8(3)14(21-4)12(9)17;1-2/h5-7H,1-4H3,(H,19,20);1-2H3. The first kappa shape index (κ1) is 18.7. The maximum absolute atomic E-state index is 14.0. The van der Waals surface area contributed by atoms with Crippen molar-refractivity contribution in [1.29, 1.82) is 0 Å². The third kappa shape index (κ3) is 3.21. The van der Waals surface area contributed by atoms with Crippen LogP contribution in [0.4, 0.5) is 4.39 Å². The van der Waals surface area contributed by atoms with Crippen LogP contribution in [0.15, 0.2) is 17.1 Å². The van der Waals surface area contributed by atoms with Crippen LogP contribution in [0.3, 0.4) is 0 Å². The Hall–Kier alpha value is -2.37. The van der Waals surface area contributed by atoms with Gasteiger partial charge in [0.05, 0.1) is 18.0 Å². The molecular formula is C17H22FNO4. The highest BCUT2D eigenvalue weighted by atomic mass is 19.1. The number of fused-ring (bicyclic) bond motifs is 1. The summed E-state index contributed by atoms with van der Waals surface area (Å²) in [7, 11) is 1.39. The van der Waals surface area contributed by atoms with Crippen LogP contribution in [0, 0.1) is 12.7 Å². The quantitative estimate of drug-likeness (QED) is 0.933. The van der Waals surface area contributed by atoms with Gasteiger partial charge in [0.2, 0.25) is 5.43 Å². The minimum atomic E-state index is -1.34. The molecule has 0 aliphatic rings. The summed E-state index contributed by atoms with van der Waals surface area (Å²) in [5.74, 6) is -1.70. The van der Waals surface area contributed by atoms with Crippen LogP contribution in [0.2, 0.25) is 0 Å². The van der Waals surface area contributed by atoms with Gasteiger partial charge in [0.15, 0.2) is 0 Å². The molecule has 0 amide bonds. The monoisotopic (exact) mass is 323 g/mol. The predicted molar refractivity (Wildman–Crippen MR) is 88.1 cm³/mol. The third-order valence-electron chi connectivity index (χ3n) is 3.45. The second-order valence-electron chi connectivity index (χ2n) is 5.09. The lowest BCUT2D eigenvalue weighted by molar-refractivity contribution is 0.0694. The van der Waals surface area contributed by atoms with E-state index in [-0.39, 0.29) is 28.3 Å². The maximum atomic E-state index is 14.0. The number of methoxy groups -OCH3 is 1. The topological polar surface area (TPSA) is 68.5 Å². The summed E-state index contributed by atoms with van der Waals surface area (Å²) in [6, 6.07) is 0.950. The van der Waals surface area contributed by atoms with Crippen LogP contribution >= 0.6 is 0 Å². The van der Waals surface area contributed by atoms with Crippen LogP contribution in [0.25, 0.3) is 10.9 Å². The van der Waals surface area contributed by atoms with Gasteiger partial charge >= 0.3 is 5.97 Å². The molecular weight excluding hydrogens is 301 g/mol. The van der Waals surface area contributed by atoms with Crippen LogP contribution in [0.1, 0.15) is 49.7 Å². The lowest BCUT2D eigenvalue weighted by Gasteiger charge is -2.19. The molecule has 2 aromatic rings. The molecule has 1 aromatic heterocycles. The van der Waals surface area contributed by atoms with Crippen LogP contribution < -0.4 is 10.2 Å². The number of pyridine rings is 1.